The van der Waals surface area contributed by atoms with Crippen molar-refractivity contribution in [2.45, 2.75) is 291 Å². The molecule has 3 fully saturated rings. The molecule has 3 aliphatic heterocycles. The van der Waals surface area contributed by atoms with Gasteiger partial charge in [0, 0.05) is 6.42 Å². The molecule has 0 saturated carbocycles. The fourth-order valence-corrected chi connectivity index (χ4v) is 9.81. The summed E-state index contributed by atoms with van der Waals surface area (Å²) in [5.41, 5.74) is 0. The van der Waals surface area contributed by atoms with Crippen LogP contribution in [0.1, 0.15) is 187 Å². The van der Waals surface area contributed by atoms with E-state index >= 15 is 0 Å². The van der Waals surface area contributed by atoms with E-state index in [2.05, 4.69) is 43.5 Å². The smallest absolute Gasteiger partial charge is 0.220 e. The summed E-state index contributed by atoms with van der Waals surface area (Å²) < 4.78 is 34.2. The number of hydrogen-bond acceptors (Lipinski definition) is 18. The highest BCUT2D eigenvalue weighted by molar-refractivity contribution is 5.76. The zero-order valence-electron chi connectivity index (χ0n) is 46.0. The van der Waals surface area contributed by atoms with Crippen molar-refractivity contribution in [2.24, 2.45) is 0 Å². The molecule has 0 radical (unpaired) electrons. The minimum absolute atomic E-state index is 0.235. The Bertz CT molecular complexity index is 1540. The van der Waals surface area contributed by atoms with E-state index in [1.165, 1.54) is 109 Å². The molecule has 0 aromatic heterocycles. The Morgan fingerprint density at radius 3 is 1.32 bits per heavy atom. The average molecular weight is 1090 g/mol. The number of unbranched alkanes of at least 4 members (excludes halogenated alkanes) is 22. The second-order valence-electron chi connectivity index (χ2n) is 21.1. The highest BCUT2D eigenvalue weighted by atomic mass is 16.8. The lowest BCUT2D eigenvalue weighted by Crippen LogP contribution is -2.66. The summed E-state index contributed by atoms with van der Waals surface area (Å²) in [6, 6.07) is -0.991. The molecule has 17 unspecified atom stereocenters. The SMILES string of the molecule is CCCCC/C=C/CC/C=C/CC/C=C/C(O)C(COC1OC(CO)C(OC2OC(CO)C(OC3OC(CO)C(O)C(O)C3O)C(O)C2O)C(O)C1O)NC(=O)CCCCCCCCCCCCCCCCCCCC. The Morgan fingerprint density at radius 1 is 0.461 bits per heavy atom. The van der Waals surface area contributed by atoms with E-state index in [1.54, 1.807) is 6.08 Å². The van der Waals surface area contributed by atoms with Crippen molar-refractivity contribution in [3.05, 3.63) is 36.5 Å². The molecule has 19 heteroatoms. The summed E-state index contributed by atoms with van der Waals surface area (Å²) in [5, 5.41) is 120. The third kappa shape index (κ3) is 25.2. The highest BCUT2D eigenvalue weighted by Crippen LogP contribution is 2.33. The van der Waals surface area contributed by atoms with Crippen molar-refractivity contribution in [3.8, 4) is 0 Å². The van der Waals surface area contributed by atoms with Crippen molar-refractivity contribution >= 4 is 5.91 Å². The fraction of sp³-hybridized carbons (Fsp3) is 0.877. The largest absolute Gasteiger partial charge is 0.394 e. The van der Waals surface area contributed by atoms with Crippen LogP contribution in [-0.2, 0) is 33.2 Å². The van der Waals surface area contributed by atoms with Gasteiger partial charge < -0.3 is 89.9 Å². The summed E-state index contributed by atoms with van der Waals surface area (Å²) in [6.07, 6.45) is 15.6. The molecule has 0 aromatic carbocycles. The second kappa shape index (κ2) is 41.1. The summed E-state index contributed by atoms with van der Waals surface area (Å²) in [4.78, 5) is 13.3. The van der Waals surface area contributed by atoms with Crippen molar-refractivity contribution in [1.82, 2.24) is 5.32 Å². The lowest BCUT2D eigenvalue weighted by Gasteiger charge is -2.48. The van der Waals surface area contributed by atoms with Crippen molar-refractivity contribution in [1.29, 1.82) is 0 Å². The van der Waals surface area contributed by atoms with Gasteiger partial charge in [-0.1, -0.05) is 172 Å². The van der Waals surface area contributed by atoms with Crippen LogP contribution in [0.25, 0.3) is 0 Å². The molecule has 76 heavy (non-hydrogen) atoms. The van der Waals surface area contributed by atoms with Crippen molar-refractivity contribution in [2.75, 3.05) is 26.4 Å². The van der Waals surface area contributed by atoms with Crippen LogP contribution in [-0.4, -0.2) is 193 Å². The van der Waals surface area contributed by atoms with Gasteiger partial charge in [0.15, 0.2) is 18.9 Å². The van der Waals surface area contributed by atoms with E-state index in [9.17, 15) is 61.0 Å². The molecule has 3 rings (SSSR count). The maximum Gasteiger partial charge on any atom is 0.220 e. The molecular weight excluding hydrogens is 987 g/mol. The van der Waals surface area contributed by atoms with Crippen LogP contribution in [0.2, 0.25) is 0 Å². The molecule has 17 atom stereocenters. The summed E-state index contributed by atoms with van der Waals surface area (Å²) in [7, 11) is 0. The third-order valence-electron chi connectivity index (χ3n) is 14.7. The molecule has 1 amide bonds. The lowest BCUT2D eigenvalue weighted by atomic mass is 9.96. The molecule has 3 saturated heterocycles. The predicted octanol–water partition coefficient (Wildman–Crippen LogP) is 4.54. The summed E-state index contributed by atoms with van der Waals surface area (Å²) >= 11 is 0. The molecule has 3 heterocycles. The number of nitrogens with one attached hydrogen (secondary N) is 1. The molecule has 0 aromatic rings. The number of hydrogen-bond donors (Lipinski definition) is 12. The van der Waals surface area contributed by atoms with E-state index in [4.69, 9.17) is 28.4 Å². The summed E-state index contributed by atoms with van der Waals surface area (Å²) in [5.74, 6) is -0.290. The average Bonchev–Trinajstić information content (AvgIpc) is 3.42. The number of rotatable bonds is 42. The minimum atomic E-state index is -1.98. The molecule has 0 bridgehead atoms. The number of amides is 1. The molecule has 12 N–H and O–H groups in total. The van der Waals surface area contributed by atoms with Gasteiger partial charge >= 0.3 is 0 Å². The first kappa shape index (κ1) is 68.3. The first-order valence-corrected chi connectivity index (χ1v) is 29.2. The maximum absolute atomic E-state index is 13.3. The molecule has 0 spiro atoms. The van der Waals surface area contributed by atoms with Crippen LogP contribution in [0.5, 0.6) is 0 Å². The van der Waals surface area contributed by atoms with Crippen molar-refractivity contribution < 1.29 is 89.4 Å². The van der Waals surface area contributed by atoms with Gasteiger partial charge in [-0.25, -0.2) is 0 Å². The Labute approximate surface area is 453 Å². The molecule has 0 aliphatic carbocycles. The number of ether oxygens (including phenoxy) is 6. The fourth-order valence-electron chi connectivity index (χ4n) is 9.81. The van der Waals surface area contributed by atoms with Gasteiger partial charge in [-0.05, 0) is 44.9 Å². The van der Waals surface area contributed by atoms with Gasteiger partial charge in [0.05, 0.1) is 38.6 Å². The number of allylic oxidation sites excluding steroid dienone is 5. The third-order valence-corrected chi connectivity index (χ3v) is 14.7. The number of aliphatic hydroxyl groups excluding tert-OH is 11. The van der Waals surface area contributed by atoms with Crippen molar-refractivity contribution in [3.63, 3.8) is 0 Å². The van der Waals surface area contributed by atoms with Crippen LogP contribution in [0.4, 0.5) is 0 Å². The van der Waals surface area contributed by atoms with E-state index in [0.717, 1.165) is 44.9 Å². The van der Waals surface area contributed by atoms with Crippen LogP contribution >= 0.6 is 0 Å². The normalized spacial score (nSPS) is 31.2. The predicted molar refractivity (Wildman–Crippen MR) is 286 cm³/mol. The maximum atomic E-state index is 13.3. The Kier molecular flexibility index (Phi) is 36.9. The van der Waals surface area contributed by atoms with Gasteiger partial charge in [0.2, 0.25) is 5.91 Å². The zero-order chi connectivity index (χ0) is 55.5. The Balaban J connectivity index is 1.52. The number of carbonyl (C=O) groups excluding carboxylic acids is 1. The first-order valence-electron chi connectivity index (χ1n) is 29.2. The van der Waals surface area contributed by atoms with E-state index < -0.39 is 124 Å². The Hall–Kier alpha value is -1.99. The number of carbonyl (C=O) groups is 1. The molecule has 19 nitrogen and oxygen atoms in total. The molecule has 3 aliphatic rings. The van der Waals surface area contributed by atoms with Gasteiger partial charge in [-0.3, -0.25) is 4.79 Å². The van der Waals surface area contributed by atoms with Gasteiger partial charge in [0.1, 0.15) is 73.2 Å². The Morgan fingerprint density at radius 2 is 0.842 bits per heavy atom. The first-order chi connectivity index (χ1) is 36.8. The number of aliphatic hydroxyl groups is 11. The van der Waals surface area contributed by atoms with Gasteiger partial charge in [-0.15, -0.1) is 0 Å². The van der Waals surface area contributed by atoms with Gasteiger partial charge in [0.25, 0.3) is 0 Å². The summed E-state index contributed by atoms with van der Waals surface area (Å²) in [6.45, 7) is 1.65. The standard InChI is InChI=1S/C57H103NO18/c1-3-5-7-9-11-13-15-17-18-19-20-21-23-25-27-29-31-33-35-45(63)58-40(41(62)34-32-30-28-26-24-22-16-14-12-10-8-6-4-2)39-71-55-51(69)48(66)53(43(37-60)73-55)76-57-52(70)49(67)54(44(38-61)74-57)75-56-50(68)47(65)46(64)42(36-59)72-56/h12,14,24,26,32,34,40-44,46-57,59-62,64-70H,3-11,13,15-23,25,27-31,33,35-39H2,1-2H3,(H,58,63)/b14-12+,26-24+,34-32+. The quantitative estimate of drug-likeness (QED) is 0.0295. The van der Waals surface area contributed by atoms with Crippen LogP contribution in [0, 0.1) is 0 Å². The van der Waals surface area contributed by atoms with Crippen LogP contribution < -0.4 is 5.32 Å². The lowest BCUT2D eigenvalue weighted by molar-refractivity contribution is -0.379. The minimum Gasteiger partial charge on any atom is -0.394 e. The second-order valence-corrected chi connectivity index (χ2v) is 21.1. The van der Waals surface area contributed by atoms with Crippen LogP contribution in [0.15, 0.2) is 36.5 Å². The van der Waals surface area contributed by atoms with Gasteiger partial charge in [-0.2, -0.15) is 0 Å². The molecular formula is C57H103NO18. The van der Waals surface area contributed by atoms with Crippen LogP contribution in [0.3, 0.4) is 0 Å². The monoisotopic (exact) mass is 1090 g/mol. The topological polar surface area (TPSA) is 307 Å². The van der Waals surface area contributed by atoms with E-state index in [1.807, 2.05) is 6.08 Å². The van der Waals surface area contributed by atoms with E-state index in [0.29, 0.717) is 12.8 Å². The van der Waals surface area contributed by atoms with E-state index in [-0.39, 0.29) is 18.9 Å². The highest BCUT2D eigenvalue weighted by Gasteiger charge is 2.53. The zero-order valence-corrected chi connectivity index (χ0v) is 46.0. The molecule has 444 valence electrons.